The Morgan fingerprint density at radius 3 is 2.41 bits per heavy atom. The van der Waals surface area contributed by atoms with E-state index in [1.54, 1.807) is 24.1 Å². The number of rotatable bonds is 6. The molecule has 2 aromatic carbocycles. The summed E-state index contributed by atoms with van der Waals surface area (Å²) in [6.07, 6.45) is 1.28. The van der Waals surface area contributed by atoms with Crippen LogP contribution in [0.15, 0.2) is 46.9 Å². The lowest BCUT2D eigenvalue weighted by atomic mass is 9.95. The molecule has 3 rings (SSSR count). The van der Waals surface area contributed by atoms with Gasteiger partial charge in [-0.25, -0.2) is 0 Å². The third-order valence-electron chi connectivity index (χ3n) is 5.15. The number of hydrogen-bond acceptors (Lipinski definition) is 4. The largest absolute Gasteiger partial charge is 0.497 e. The molecule has 0 bridgehead atoms. The molecule has 0 spiro atoms. The number of carbonyl (C=O) groups excluding carboxylic acids is 2. The Labute approximate surface area is 179 Å². The third kappa shape index (κ3) is 5.09. The van der Waals surface area contributed by atoms with Crippen molar-refractivity contribution in [2.45, 2.75) is 19.4 Å². The number of amides is 2. The standard InChI is InChI=1S/C22H25BrN2O4/c1-28-17-12-18(20(29-2)19(23)13-17)22(27)25-10-8-16(9-11-25)21(26)24-14-15-6-4-3-5-7-15/h3-7,12-13,16H,8-11,14H2,1-2H3,(H,24,26). The molecule has 7 heteroatoms. The fourth-order valence-corrected chi connectivity index (χ4v) is 4.10. The molecule has 154 valence electrons. The number of piperidine rings is 1. The molecule has 0 saturated carbocycles. The van der Waals surface area contributed by atoms with Crippen molar-refractivity contribution in [2.24, 2.45) is 5.92 Å². The normalized spacial score (nSPS) is 14.4. The Bertz CT molecular complexity index is 865. The van der Waals surface area contributed by atoms with Gasteiger partial charge in [0.2, 0.25) is 5.91 Å². The van der Waals surface area contributed by atoms with Gasteiger partial charge in [0, 0.05) is 25.6 Å². The van der Waals surface area contributed by atoms with Gasteiger partial charge in [-0.1, -0.05) is 30.3 Å². The molecular formula is C22H25BrN2O4. The molecule has 1 N–H and O–H groups in total. The maximum atomic E-state index is 13.1. The van der Waals surface area contributed by atoms with Crippen molar-refractivity contribution in [1.29, 1.82) is 0 Å². The lowest BCUT2D eigenvalue weighted by Gasteiger charge is -2.32. The summed E-state index contributed by atoms with van der Waals surface area (Å²) in [5.74, 6) is 0.906. The van der Waals surface area contributed by atoms with E-state index < -0.39 is 0 Å². The first-order chi connectivity index (χ1) is 14.0. The lowest BCUT2D eigenvalue weighted by molar-refractivity contribution is -0.126. The van der Waals surface area contributed by atoms with E-state index in [1.807, 2.05) is 30.3 Å². The van der Waals surface area contributed by atoms with Crippen LogP contribution in [0, 0.1) is 5.92 Å². The summed E-state index contributed by atoms with van der Waals surface area (Å²) in [5, 5.41) is 3.00. The van der Waals surface area contributed by atoms with E-state index >= 15 is 0 Å². The molecule has 1 aliphatic heterocycles. The average molecular weight is 461 g/mol. The molecule has 0 unspecified atom stereocenters. The summed E-state index contributed by atoms with van der Waals surface area (Å²) in [6, 6.07) is 13.3. The zero-order valence-electron chi connectivity index (χ0n) is 16.6. The third-order valence-corrected chi connectivity index (χ3v) is 5.74. The van der Waals surface area contributed by atoms with Crippen LogP contribution in [0.2, 0.25) is 0 Å². The number of benzene rings is 2. The molecule has 0 aromatic heterocycles. The highest BCUT2D eigenvalue weighted by Crippen LogP contribution is 2.35. The number of methoxy groups -OCH3 is 2. The average Bonchev–Trinajstić information content (AvgIpc) is 2.77. The Hall–Kier alpha value is -2.54. The molecule has 0 radical (unpaired) electrons. The van der Waals surface area contributed by atoms with E-state index in [2.05, 4.69) is 21.2 Å². The van der Waals surface area contributed by atoms with Crippen LogP contribution in [-0.4, -0.2) is 44.0 Å². The minimum Gasteiger partial charge on any atom is -0.497 e. The number of likely N-dealkylation sites (tertiary alicyclic amines) is 1. The van der Waals surface area contributed by atoms with Crippen LogP contribution in [0.4, 0.5) is 0 Å². The molecule has 0 aliphatic carbocycles. The van der Waals surface area contributed by atoms with Crippen LogP contribution >= 0.6 is 15.9 Å². The van der Waals surface area contributed by atoms with Gasteiger partial charge in [-0.15, -0.1) is 0 Å². The van der Waals surface area contributed by atoms with Crippen molar-refractivity contribution in [1.82, 2.24) is 10.2 Å². The Balaban J connectivity index is 1.60. The molecular weight excluding hydrogens is 436 g/mol. The van der Waals surface area contributed by atoms with E-state index in [9.17, 15) is 9.59 Å². The molecule has 2 aromatic rings. The first-order valence-corrected chi connectivity index (χ1v) is 10.3. The number of halogens is 1. The topological polar surface area (TPSA) is 67.9 Å². The van der Waals surface area contributed by atoms with Gasteiger partial charge in [0.15, 0.2) is 0 Å². The second kappa shape index (κ2) is 9.78. The molecule has 1 saturated heterocycles. The predicted octanol–water partition coefficient (Wildman–Crippen LogP) is 3.63. The van der Waals surface area contributed by atoms with Crippen LogP contribution in [-0.2, 0) is 11.3 Å². The first-order valence-electron chi connectivity index (χ1n) is 9.56. The number of nitrogens with one attached hydrogen (secondary N) is 1. The van der Waals surface area contributed by atoms with Crippen molar-refractivity contribution >= 4 is 27.7 Å². The Kier molecular flexibility index (Phi) is 7.14. The zero-order valence-corrected chi connectivity index (χ0v) is 18.2. The van der Waals surface area contributed by atoms with Gasteiger partial charge < -0.3 is 19.7 Å². The fraction of sp³-hybridized carbons (Fsp3) is 0.364. The first kappa shape index (κ1) is 21.2. The Morgan fingerprint density at radius 2 is 1.79 bits per heavy atom. The summed E-state index contributed by atoms with van der Waals surface area (Å²) in [5.41, 5.74) is 1.52. The maximum Gasteiger partial charge on any atom is 0.257 e. The van der Waals surface area contributed by atoms with Crippen molar-refractivity contribution in [2.75, 3.05) is 27.3 Å². The molecule has 0 atom stereocenters. The van der Waals surface area contributed by atoms with Crippen molar-refractivity contribution in [3.05, 3.63) is 58.1 Å². The van der Waals surface area contributed by atoms with E-state index in [0.717, 1.165) is 5.56 Å². The summed E-state index contributed by atoms with van der Waals surface area (Å²) in [6.45, 7) is 1.58. The SMILES string of the molecule is COc1cc(Br)c(OC)c(C(=O)N2CCC(C(=O)NCc3ccccc3)CC2)c1. The number of ether oxygens (including phenoxy) is 2. The van der Waals surface area contributed by atoms with Crippen LogP contribution in [0.3, 0.4) is 0 Å². The molecule has 2 amide bonds. The van der Waals surface area contributed by atoms with Gasteiger partial charge in [-0.3, -0.25) is 9.59 Å². The van der Waals surface area contributed by atoms with Crippen LogP contribution in [0.25, 0.3) is 0 Å². The minimum absolute atomic E-state index is 0.0441. The molecule has 29 heavy (non-hydrogen) atoms. The van der Waals surface area contributed by atoms with E-state index in [4.69, 9.17) is 9.47 Å². The summed E-state index contributed by atoms with van der Waals surface area (Å²) < 4.78 is 11.3. The van der Waals surface area contributed by atoms with Gasteiger partial charge in [0.05, 0.1) is 24.3 Å². The predicted molar refractivity (Wildman–Crippen MR) is 114 cm³/mol. The minimum atomic E-state index is -0.121. The lowest BCUT2D eigenvalue weighted by Crippen LogP contribution is -2.43. The second-order valence-corrected chi connectivity index (χ2v) is 7.81. The molecule has 1 heterocycles. The van der Waals surface area contributed by atoms with Gasteiger partial charge >= 0.3 is 0 Å². The summed E-state index contributed by atoms with van der Waals surface area (Å²) in [4.78, 5) is 27.3. The number of carbonyl (C=O) groups is 2. The summed E-state index contributed by atoms with van der Waals surface area (Å²) in [7, 11) is 3.09. The maximum absolute atomic E-state index is 13.1. The van der Waals surface area contributed by atoms with Gasteiger partial charge in [-0.05, 0) is 46.5 Å². The van der Waals surface area contributed by atoms with Crippen molar-refractivity contribution < 1.29 is 19.1 Å². The monoisotopic (exact) mass is 460 g/mol. The highest BCUT2D eigenvalue weighted by atomic mass is 79.9. The fourth-order valence-electron chi connectivity index (χ4n) is 3.50. The van der Waals surface area contributed by atoms with E-state index in [1.165, 1.54) is 7.11 Å². The van der Waals surface area contributed by atoms with Gasteiger partial charge in [-0.2, -0.15) is 0 Å². The van der Waals surface area contributed by atoms with Crippen molar-refractivity contribution in [3.63, 3.8) is 0 Å². The quantitative estimate of drug-likeness (QED) is 0.714. The number of nitrogens with zero attached hydrogens (tertiary/aromatic N) is 1. The molecule has 6 nitrogen and oxygen atoms in total. The van der Waals surface area contributed by atoms with Gasteiger partial charge in [0.1, 0.15) is 11.5 Å². The molecule has 1 fully saturated rings. The Morgan fingerprint density at radius 1 is 1.10 bits per heavy atom. The summed E-state index contributed by atoms with van der Waals surface area (Å²) >= 11 is 3.43. The van der Waals surface area contributed by atoms with Crippen LogP contribution in [0.5, 0.6) is 11.5 Å². The zero-order chi connectivity index (χ0) is 20.8. The number of hydrogen-bond donors (Lipinski definition) is 1. The highest BCUT2D eigenvalue weighted by molar-refractivity contribution is 9.10. The van der Waals surface area contributed by atoms with Crippen LogP contribution < -0.4 is 14.8 Å². The van der Waals surface area contributed by atoms with Crippen LogP contribution in [0.1, 0.15) is 28.8 Å². The van der Waals surface area contributed by atoms with Gasteiger partial charge in [0.25, 0.3) is 5.91 Å². The second-order valence-electron chi connectivity index (χ2n) is 6.96. The smallest absolute Gasteiger partial charge is 0.257 e. The highest BCUT2D eigenvalue weighted by Gasteiger charge is 2.29. The van der Waals surface area contributed by atoms with Crippen molar-refractivity contribution in [3.8, 4) is 11.5 Å². The van der Waals surface area contributed by atoms with E-state index in [0.29, 0.717) is 54.0 Å². The van der Waals surface area contributed by atoms with E-state index in [-0.39, 0.29) is 17.7 Å². The molecule has 1 aliphatic rings.